The third-order valence-corrected chi connectivity index (χ3v) is 4.14. The molecule has 0 spiro atoms. The zero-order valence-corrected chi connectivity index (χ0v) is 16.3. The van der Waals surface area contributed by atoms with Crippen molar-refractivity contribution in [3.05, 3.63) is 94.6 Å². The van der Waals surface area contributed by atoms with Gasteiger partial charge in [-0.1, -0.05) is 23.7 Å². The van der Waals surface area contributed by atoms with Gasteiger partial charge in [-0.05, 0) is 60.7 Å². The SMILES string of the molecule is CC(=O)Nc1ccc(C#Cc2ccc(C#Cc3ccc(S)cc3)c(F)c2F)cc1. The van der Waals surface area contributed by atoms with Crippen molar-refractivity contribution < 1.29 is 13.6 Å². The van der Waals surface area contributed by atoms with Crippen LogP contribution in [0, 0.1) is 35.3 Å². The van der Waals surface area contributed by atoms with Crippen LogP contribution in [-0.4, -0.2) is 5.91 Å². The van der Waals surface area contributed by atoms with Crippen molar-refractivity contribution in [2.45, 2.75) is 11.8 Å². The average molecular weight is 403 g/mol. The van der Waals surface area contributed by atoms with Crippen molar-refractivity contribution in [1.82, 2.24) is 0 Å². The molecule has 0 saturated carbocycles. The van der Waals surface area contributed by atoms with E-state index in [-0.39, 0.29) is 17.0 Å². The Labute approximate surface area is 173 Å². The number of amides is 1. The summed E-state index contributed by atoms with van der Waals surface area (Å²) < 4.78 is 28.7. The largest absolute Gasteiger partial charge is 0.326 e. The number of benzene rings is 3. The standard InChI is InChI=1S/C24H15F2NOS/c1-16(28)27-21-12-4-17(5-13-21)2-8-19-10-11-20(24(26)23(19)25)9-3-18-6-14-22(29)15-7-18/h4-7,10-15,29H,1H3,(H,27,28). The summed E-state index contributed by atoms with van der Waals surface area (Å²) in [5.74, 6) is 8.60. The fraction of sp³-hybridized carbons (Fsp3) is 0.0417. The highest BCUT2D eigenvalue weighted by molar-refractivity contribution is 7.80. The van der Waals surface area contributed by atoms with Crippen LogP contribution in [0.2, 0.25) is 0 Å². The predicted octanol–water partition coefficient (Wildman–Crippen LogP) is 5.01. The van der Waals surface area contributed by atoms with E-state index in [1.54, 1.807) is 48.5 Å². The molecule has 3 aromatic carbocycles. The number of thiol groups is 1. The summed E-state index contributed by atoms with van der Waals surface area (Å²) in [7, 11) is 0. The minimum absolute atomic E-state index is 0.0392. The Kier molecular flexibility index (Phi) is 6.34. The van der Waals surface area contributed by atoms with Crippen LogP contribution < -0.4 is 5.32 Å². The van der Waals surface area contributed by atoms with Gasteiger partial charge in [-0.25, -0.2) is 8.78 Å². The molecule has 0 radical (unpaired) electrons. The summed E-state index contributed by atoms with van der Waals surface area (Å²) >= 11 is 4.19. The van der Waals surface area contributed by atoms with Gasteiger partial charge in [0.25, 0.3) is 0 Å². The molecule has 0 bridgehead atoms. The molecule has 0 aliphatic heterocycles. The second-order valence-corrected chi connectivity index (χ2v) is 6.61. The Balaban J connectivity index is 1.81. The number of carbonyl (C=O) groups is 1. The topological polar surface area (TPSA) is 29.1 Å². The molecule has 0 heterocycles. The number of nitrogens with one attached hydrogen (secondary N) is 1. The molecule has 0 aromatic heterocycles. The van der Waals surface area contributed by atoms with E-state index in [0.717, 1.165) is 4.90 Å². The van der Waals surface area contributed by atoms with E-state index in [4.69, 9.17) is 0 Å². The number of hydrogen-bond donors (Lipinski definition) is 2. The third-order valence-electron chi connectivity index (χ3n) is 3.84. The monoisotopic (exact) mass is 403 g/mol. The van der Waals surface area contributed by atoms with E-state index in [1.165, 1.54) is 19.1 Å². The van der Waals surface area contributed by atoms with Gasteiger partial charge in [-0.3, -0.25) is 4.79 Å². The summed E-state index contributed by atoms with van der Waals surface area (Å²) in [5.41, 5.74) is 1.82. The van der Waals surface area contributed by atoms with Crippen LogP contribution >= 0.6 is 12.6 Å². The summed E-state index contributed by atoms with van der Waals surface area (Å²) in [6.07, 6.45) is 0. The maximum Gasteiger partial charge on any atom is 0.221 e. The minimum atomic E-state index is -1.04. The molecule has 3 aromatic rings. The number of carbonyl (C=O) groups excluding carboxylic acids is 1. The van der Waals surface area contributed by atoms with Gasteiger partial charge in [-0.2, -0.15) is 0 Å². The zero-order valence-electron chi connectivity index (χ0n) is 15.4. The quantitative estimate of drug-likeness (QED) is 0.434. The van der Waals surface area contributed by atoms with E-state index < -0.39 is 11.6 Å². The molecule has 1 amide bonds. The van der Waals surface area contributed by atoms with Crippen LogP contribution in [0.4, 0.5) is 14.5 Å². The number of halogens is 2. The van der Waals surface area contributed by atoms with E-state index in [0.29, 0.717) is 16.8 Å². The Morgan fingerprint density at radius 2 is 1.21 bits per heavy atom. The van der Waals surface area contributed by atoms with Crippen LogP contribution in [0.5, 0.6) is 0 Å². The van der Waals surface area contributed by atoms with E-state index in [9.17, 15) is 13.6 Å². The lowest BCUT2D eigenvalue weighted by Gasteiger charge is -2.01. The highest BCUT2D eigenvalue weighted by Crippen LogP contribution is 2.16. The fourth-order valence-electron chi connectivity index (χ4n) is 2.41. The highest BCUT2D eigenvalue weighted by atomic mass is 32.1. The minimum Gasteiger partial charge on any atom is -0.326 e. The lowest BCUT2D eigenvalue weighted by Crippen LogP contribution is -2.05. The third kappa shape index (κ3) is 5.48. The molecule has 1 N–H and O–H groups in total. The molecule has 3 rings (SSSR count). The number of anilines is 1. The van der Waals surface area contributed by atoms with Gasteiger partial charge >= 0.3 is 0 Å². The normalized spacial score (nSPS) is 9.66. The van der Waals surface area contributed by atoms with Crippen molar-refractivity contribution in [1.29, 1.82) is 0 Å². The molecule has 5 heteroatoms. The van der Waals surface area contributed by atoms with E-state index in [1.807, 2.05) is 0 Å². The molecule has 142 valence electrons. The Morgan fingerprint density at radius 1 is 0.759 bits per heavy atom. The first kappa shape index (κ1) is 20.2. The van der Waals surface area contributed by atoms with Gasteiger partial charge in [-0.15, -0.1) is 12.6 Å². The number of hydrogen-bond acceptors (Lipinski definition) is 2. The van der Waals surface area contributed by atoms with Crippen LogP contribution in [0.3, 0.4) is 0 Å². The Bertz CT molecular complexity index is 1180. The Morgan fingerprint density at radius 3 is 1.66 bits per heavy atom. The first-order chi connectivity index (χ1) is 13.9. The molecule has 0 aliphatic rings. The molecular formula is C24H15F2NOS. The van der Waals surface area contributed by atoms with Crippen molar-refractivity contribution in [2.24, 2.45) is 0 Å². The first-order valence-electron chi connectivity index (χ1n) is 8.61. The smallest absolute Gasteiger partial charge is 0.221 e. The first-order valence-corrected chi connectivity index (χ1v) is 9.06. The zero-order chi connectivity index (χ0) is 20.8. The van der Waals surface area contributed by atoms with Gasteiger partial charge in [0, 0.05) is 28.6 Å². The van der Waals surface area contributed by atoms with Gasteiger partial charge in [0.2, 0.25) is 5.91 Å². The maximum absolute atomic E-state index is 14.3. The van der Waals surface area contributed by atoms with Crippen LogP contribution in [0.15, 0.2) is 65.6 Å². The van der Waals surface area contributed by atoms with Gasteiger partial charge in [0.15, 0.2) is 11.6 Å². The maximum atomic E-state index is 14.3. The highest BCUT2D eigenvalue weighted by Gasteiger charge is 2.10. The van der Waals surface area contributed by atoms with Crippen molar-refractivity contribution in [3.8, 4) is 23.7 Å². The molecule has 0 aliphatic carbocycles. The van der Waals surface area contributed by atoms with E-state index in [2.05, 4.69) is 41.6 Å². The van der Waals surface area contributed by atoms with Crippen LogP contribution in [-0.2, 0) is 4.79 Å². The lowest BCUT2D eigenvalue weighted by atomic mass is 10.1. The fourth-order valence-corrected chi connectivity index (χ4v) is 2.56. The van der Waals surface area contributed by atoms with Crippen LogP contribution in [0.25, 0.3) is 0 Å². The van der Waals surface area contributed by atoms with Gasteiger partial charge in [0.1, 0.15) is 0 Å². The van der Waals surface area contributed by atoms with Gasteiger partial charge in [0.05, 0.1) is 11.1 Å². The van der Waals surface area contributed by atoms with Crippen LogP contribution in [0.1, 0.15) is 29.2 Å². The van der Waals surface area contributed by atoms with Crippen molar-refractivity contribution in [3.63, 3.8) is 0 Å². The van der Waals surface area contributed by atoms with Crippen molar-refractivity contribution in [2.75, 3.05) is 5.32 Å². The molecule has 0 fully saturated rings. The molecular weight excluding hydrogens is 388 g/mol. The summed E-state index contributed by atoms with van der Waals surface area (Å²) in [6, 6.07) is 16.6. The summed E-state index contributed by atoms with van der Waals surface area (Å²) in [6.45, 7) is 1.41. The summed E-state index contributed by atoms with van der Waals surface area (Å²) in [4.78, 5) is 11.8. The predicted molar refractivity (Wildman–Crippen MR) is 113 cm³/mol. The Hall–Kier alpha value is -3.54. The molecule has 2 nitrogen and oxygen atoms in total. The second-order valence-electron chi connectivity index (χ2n) is 6.09. The second kappa shape index (κ2) is 9.10. The average Bonchev–Trinajstić information content (AvgIpc) is 2.70. The molecule has 29 heavy (non-hydrogen) atoms. The molecule has 0 unspecified atom stereocenters. The number of rotatable bonds is 1. The molecule has 0 saturated heterocycles. The van der Waals surface area contributed by atoms with E-state index >= 15 is 0 Å². The molecule has 0 atom stereocenters. The lowest BCUT2D eigenvalue weighted by molar-refractivity contribution is -0.114. The van der Waals surface area contributed by atoms with Gasteiger partial charge < -0.3 is 5.32 Å². The van der Waals surface area contributed by atoms with Crippen molar-refractivity contribution >= 4 is 24.2 Å². The summed E-state index contributed by atoms with van der Waals surface area (Å²) in [5, 5.41) is 2.64.